The van der Waals surface area contributed by atoms with Gasteiger partial charge in [0.05, 0.1) is 11.3 Å². The second-order valence-corrected chi connectivity index (χ2v) is 6.91. The summed E-state index contributed by atoms with van der Waals surface area (Å²) in [4.78, 5) is 6.89. The summed E-state index contributed by atoms with van der Waals surface area (Å²) in [5.41, 5.74) is 0.742. The second kappa shape index (κ2) is 5.51. The van der Waals surface area contributed by atoms with E-state index >= 15 is 0 Å². The molecule has 1 saturated carbocycles. The average molecular weight is 325 g/mol. The molecule has 1 aliphatic heterocycles. The van der Waals surface area contributed by atoms with E-state index < -0.39 is 0 Å². The van der Waals surface area contributed by atoms with Crippen molar-refractivity contribution in [1.29, 1.82) is 0 Å². The molecular formula is C15H21BrN2O. The van der Waals surface area contributed by atoms with Crippen molar-refractivity contribution in [3.8, 4) is 0 Å². The molecule has 1 aromatic heterocycles. The Bertz CT molecular complexity index is 436. The molecule has 3 nitrogen and oxygen atoms in total. The van der Waals surface area contributed by atoms with Crippen molar-refractivity contribution in [3.63, 3.8) is 0 Å². The molecule has 2 aliphatic rings. The molecular weight excluding hydrogens is 304 g/mol. The molecule has 1 saturated heterocycles. The maximum atomic E-state index is 10.7. The molecule has 0 amide bonds. The summed E-state index contributed by atoms with van der Waals surface area (Å²) < 4.78 is 1.02. The lowest BCUT2D eigenvalue weighted by atomic mass is 9.71. The van der Waals surface area contributed by atoms with Gasteiger partial charge in [-0.05, 0) is 47.3 Å². The van der Waals surface area contributed by atoms with Crippen LogP contribution in [-0.4, -0.2) is 33.7 Å². The summed E-state index contributed by atoms with van der Waals surface area (Å²) in [5, 5.41) is 10.7. The van der Waals surface area contributed by atoms with Crippen molar-refractivity contribution in [3.05, 3.63) is 28.5 Å². The van der Waals surface area contributed by atoms with Crippen molar-refractivity contribution >= 4 is 15.9 Å². The van der Waals surface area contributed by atoms with E-state index in [4.69, 9.17) is 0 Å². The van der Waals surface area contributed by atoms with Crippen molar-refractivity contribution in [1.82, 2.24) is 9.88 Å². The molecule has 0 aromatic carbocycles. The maximum Gasteiger partial charge on any atom is 0.0700 e. The molecule has 1 aromatic rings. The summed E-state index contributed by atoms with van der Waals surface area (Å²) in [6.45, 7) is 2.92. The first-order valence-corrected chi connectivity index (χ1v) is 8.00. The molecule has 0 bridgehead atoms. The fourth-order valence-electron chi connectivity index (χ4n) is 3.51. The summed E-state index contributed by atoms with van der Waals surface area (Å²) in [7, 11) is 0. The van der Waals surface area contributed by atoms with Crippen LogP contribution < -0.4 is 0 Å². The topological polar surface area (TPSA) is 36.4 Å². The highest BCUT2D eigenvalue weighted by Gasteiger charge is 2.42. The Morgan fingerprint density at radius 1 is 1.37 bits per heavy atom. The Kier molecular flexibility index (Phi) is 3.92. The molecule has 1 aliphatic carbocycles. The van der Waals surface area contributed by atoms with Crippen LogP contribution in [0.15, 0.2) is 22.8 Å². The highest BCUT2D eigenvalue weighted by Crippen LogP contribution is 2.39. The number of fused-ring (bicyclic) bond motifs is 1. The lowest BCUT2D eigenvalue weighted by Crippen LogP contribution is -2.53. The van der Waals surface area contributed by atoms with Gasteiger partial charge in [-0.3, -0.25) is 9.88 Å². The highest BCUT2D eigenvalue weighted by molar-refractivity contribution is 9.10. The first-order valence-electron chi connectivity index (χ1n) is 7.21. The minimum atomic E-state index is -0.373. The third-order valence-corrected chi connectivity index (χ3v) is 5.16. The molecule has 0 radical (unpaired) electrons. The van der Waals surface area contributed by atoms with Crippen LogP contribution >= 0.6 is 15.9 Å². The number of rotatable bonds is 2. The third kappa shape index (κ3) is 3.01. The molecule has 4 heteroatoms. The number of aromatic nitrogens is 1. The lowest BCUT2D eigenvalue weighted by Gasteiger charge is -2.47. The lowest BCUT2D eigenvalue weighted by molar-refractivity contribution is -0.0969. The average Bonchev–Trinajstić information content (AvgIpc) is 2.41. The van der Waals surface area contributed by atoms with E-state index in [0.717, 1.165) is 42.6 Å². The molecule has 2 unspecified atom stereocenters. The van der Waals surface area contributed by atoms with E-state index in [0.29, 0.717) is 5.92 Å². The van der Waals surface area contributed by atoms with Gasteiger partial charge in [0.1, 0.15) is 0 Å². The number of pyridine rings is 1. The third-order valence-electron chi connectivity index (χ3n) is 4.69. The van der Waals surface area contributed by atoms with E-state index in [1.807, 2.05) is 12.3 Å². The Hall–Kier alpha value is -0.450. The number of aliphatic hydroxyl groups is 1. The minimum Gasteiger partial charge on any atom is -0.390 e. The van der Waals surface area contributed by atoms with Gasteiger partial charge in [-0.1, -0.05) is 12.8 Å². The van der Waals surface area contributed by atoms with Gasteiger partial charge in [0.25, 0.3) is 0 Å². The van der Waals surface area contributed by atoms with Crippen LogP contribution in [0.5, 0.6) is 0 Å². The summed E-state index contributed by atoms with van der Waals surface area (Å²) in [6.07, 6.45) is 7.44. The normalized spacial score (nSPS) is 32.0. The highest BCUT2D eigenvalue weighted by atomic mass is 79.9. The van der Waals surface area contributed by atoms with Crippen LogP contribution in [0.4, 0.5) is 0 Å². The smallest absolute Gasteiger partial charge is 0.0700 e. The Morgan fingerprint density at radius 2 is 2.26 bits per heavy atom. The van der Waals surface area contributed by atoms with Crippen LogP contribution in [0.3, 0.4) is 0 Å². The standard InChI is InChI=1S/C15H21BrN2O/c16-13-4-5-14(17-9-13)11-18-8-7-15(19)6-2-1-3-12(15)10-18/h4-5,9,12,19H,1-3,6-8,10-11H2. The van der Waals surface area contributed by atoms with E-state index in [1.54, 1.807) is 0 Å². The largest absolute Gasteiger partial charge is 0.390 e. The Balaban J connectivity index is 1.63. The molecule has 19 heavy (non-hydrogen) atoms. The summed E-state index contributed by atoms with van der Waals surface area (Å²) in [5.74, 6) is 0.463. The van der Waals surface area contributed by atoms with Crippen LogP contribution in [-0.2, 0) is 6.54 Å². The zero-order chi connectivity index (χ0) is 13.3. The molecule has 0 spiro atoms. The summed E-state index contributed by atoms with van der Waals surface area (Å²) in [6, 6.07) is 4.12. The molecule has 104 valence electrons. The number of nitrogens with zero attached hydrogens (tertiary/aromatic N) is 2. The van der Waals surface area contributed by atoms with Crippen LogP contribution in [0.2, 0.25) is 0 Å². The Morgan fingerprint density at radius 3 is 3.05 bits per heavy atom. The van der Waals surface area contributed by atoms with E-state index in [9.17, 15) is 5.11 Å². The fourth-order valence-corrected chi connectivity index (χ4v) is 3.75. The zero-order valence-corrected chi connectivity index (χ0v) is 12.8. The van der Waals surface area contributed by atoms with Crippen LogP contribution in [0, 0.1) is 5.92 Å². The molecule has 2 atom stereocenters. The maximum absolute atomic E-state index is 10.7. The number of halogens is 1. The molecule has 3 rings (SSSR count). The van der Waals surface area contributed by atoms with Gasteiger partial charge in [0, 0.05) is 36.2 Å². The van der Waals surface area contributed by atoms with Gasteiger partial charge in [0.2, 0.25) is 0 Å². The molecule has 2 heterocycles. The first-order chi connectivity index (χ1) is 9.16. The van der Waals surface area contributed by atoms with Gasteiger partial charge >= 0.3 is 0 Å². The number of hydrogen-bond donors (Lipinski definition) is 1. The van der Waals surface area contributed by atoms with Gasteiger partial charge in [-0.2, -0.15) is 0 Å². The number of hydrogen-bond acceptors (Lipinski definition) is 3. The van der Waals surface area contributed by atoms with E-state index in [1.165, 1.54) is 19.3 Å². The minimum absolute atomic E-state index is 0.373. The number of likely N-dealkylation sites (tertiary alicyclic amines) is 1. The first kappa shape index (κ1) is 13.5. The summed E-state index contributed by atoms with van der Waals surface area (Å²) >= 11 is 3.41. The van der Waals surface area contributed by atoms with Crippen LogP contribution in [0.25, 0.3) is 0 Å². The van der Waals surface area contributed by atoms with E-state index in [-0.39, 0.29) is 5.60 Å². The van der Waals surface area contributed by atoms with Gasteiger partial charge < -0.3 is 5.11 Å². The predicted octanol–water partition coefficient (Wildman–Crippen LogP) is 2.97. The van der Waals surface area contributed by atoms with Crippen LogP contribution in [0.1, 0.15) is 37.8 Å². The monoisotopic (exact) mass is 324 g/mol. The SMILES string of the molecule is OC12CCCCC1CN(Cc1ccc(Br)cn1)CC2. The number of piperidine rings is 1. The fraction of sp³-hybridized carbons (Fsp3) is 0.667. The molecule has 2 fully saturated rings. The van der Waals surface area contributed by atoms with E-state index in [2.05, 4.69) is 31.9 Å². The van der Waals surface area contributed by atoms with Crippen molar-refractivity contribution in [2.75, 3.05) is 13.1 Å². The van der Waals surface area contributed by atoms with Crippen molar-refractivity contribution in [2.24, 2.45) is 5.92 Å². The zero-order valence-electron chi connectivity index (χ0n) is 11.2. The van der Waals surface area contributed by atoms with Gasteiger partial charge in [0.15, 0.2) is 0 Å². The van der Waals surface area contributed by atoms with Crippen molar-refractivity contribution in [2.45, 2.75) is 44.2 Å². The van der Waals surface area contributed by atoms with Gasteiger partial charge in [-0.15, -0.1) is 0 Å². The Labute approximate surface area is 123 Å². The second-order valence-electron chi connectivity index (χ2n) is 6.00. The van der Waals surface area contributed by atoms with Crippen molar-refractivity contribution < 1.29 is 5.11 Å². The van der Waals surface area contributed by atoms with Gasteiger partial charge in [-0.25, -0.2) is 0 Å². The predicted molar refractivity (Wildman–Crippen MR) is 78.7 cm³/mol. The molecule has 1 N–H and O–H groups in total. The quantitative estimate of drug-likeness (QED) is 0.908.